The molecule has 0 bridgehead atoms. The lowest BCUT2D eigenvalue weighted by molar-refractivity contribution is 0.262. The Morgan fingerprint density at radius 1 is 1.19 bits per heavy atom. The maximum atomic E-state index is 13.6. The number of nitrogens with two attached hydrogens (primary N) is 1. The highest BCUT2D eigenvalue weighted by molar-refractivity contribution is 6.02. The van der Waals surface area contributed by atoms with Crippen molar-refractivity contribution in [3.63, 3.8) is 0 Å². The van der Waals surface area contributed by atoms with E-state index in [0.717, 1.165) is 6.07 Å². The van der Waals surface area contributed by atoms with Gasteiger partial charge in [0.1, 0.15) is 17.3 Å². The number of ether oxygens (including phenoxy) is 1. The average molecular weight is 293 g/mol. The van der Waals surface area contributed by atoms with Crippen molar-refractivity contribution in [2.24, 2.45) is 0 Å². The van der Waals surface area contributed by atoms with E-state index in [-0.39, 0.29) is 11.4 Å². The summed E-state index contributed by atoms with van der Waals surface area (Å²) < 4.78 is 31.6. The molecule has 0 unspecified atom stereocenters. The second-order valence-electron chi connectivity index (χ2n) is 4.13. The fourth-order valence-electron chi connectivity index (χ4n) is 1.74. The van der Waals surface area contributed by atoms with Crippen LogP contribution in [0.15, 0.2) is 36.4 Å². The van der Waals surface area contributed by atoms with Gasteiger partial charge in [0.2, 0.25) is 0 Å². The van der Waals surface area contributed by atoms with Gasteiger partial charge in [0.15, 0.2) is 5.82 Å². The molecular formula is C14H13F2N3O2. The maximum Gasteiger partial charge on any atom is 0.323 e. The lowest BCUT2D eigenvalue weighted by Crippen LogP contribution is -2.21. The minimum absolute atomic E-state index is 0.206. The van der Waals surface area contributed by atoms with E-state index in [1.54, 1.807) is 24.3 Å². The van der Waals surface area contributed by atoms with Crippen molar-refractivity contribution >= 4 is 23.1 Å². The highest BCUT2D eigenvalue weighted by atomic mass is 19.1. The minimum Gasteiger partial charge on any atom is -0.495 e. The van der Waals surface area contributed by atoms with Crippen molar-refractivity contribution in [3.8, 4) is 5.75 Å². The van der Waals surface area contributed by atoms with Crippen LogP contribution in [0.3, 0.4) is 0 Å². The number of carbonyl (C=O) groups is 1. The Kier molecular flexibility index (Phi) is 4.22. The number of hydrogen-bond donors (Lipinski definition) is 3. The normalized spacial score (nSPS) is 10.0. The number of methoxy groups -OCH3 is 1. The van der Waals surface area contributed by atoms with Crippen molar-refractivity contribution in [3.05, 3.63) is 48.0 Å². The van der Waals surface area contributed by atoms with E-state index in [1.165, 1.54) is 7.11 Å². The second-order valence-corrected chi connectivity index (χ2v) is 4.13. The van der Waals surface area contributed by atoms with Crippen LogP contribution in [0.4, 0.5) is 30.6 Å². The molecule has 0 saturated carbocycles. The van der Waals surface area contributed by atoms with Gasteiger partial charge in [-0.15, -0.1) is 0 Å². The number of urea groups is 1. The first-order valence-electron chi connectivity index (χ1n) is 5.97. The Morgan fingerprint density at radius 3 is 2.57 bits per heavy atom. The molecule has 0 aromatic heterocycles. The Morgan fingerprint density at radius 2 is 1.90 bits per heavy atom. The third-order valence-corrected chi connectivity index (χ3v) is 2.68. The summed E-state index contributed by atoms with van der Waals surface area (Å²) in [5, 5.41) is 4.72. The summed E-state index contributed by atoms with van der Waals surface area (Å²) in [6.45, 7) is 0. The maximum absolute atomic E-state index is 13.6. The van der Waals surface area contributed by atoms with Crippen LogP contribution in [0.25, 0.3) is 0 Å². The Hall–Kier alpha value is -2.83. The fourth-order valence-corrected chi connectivity index (χ4v) is 1.74. The number of carbonyl (C=O) groups excluding carboxylic acids is 1. The molecule has 21 heavy (non-hydrogen) atoms. The van der Waals surface area contributed by atoms with Crippen molar-refractivity contribution in [2.45, 2.75) is 0 Å². The van der Waals surface area contributed by atoms with Crippen LogP contribution < -0.4 is 21.1 Å². The zero-order valence-electron chi connectivity index (χ0n) is 11.1. The average Bonchev–Trinajstić information content (AvgIpc) is 2.43. The lowest BCUT2D eigenvalue weighted by atomic mass is 10.2. The molecule has 0 heterocycles. The zero-order chi connectivity index (χ0) is 15.4. The van der Waals surface area contributed by atoms with Crippen LogP contribution in [-0.4, -0.2) is 13.1 Å². The van der Waals surface area contributed by atoms with Gasteiger partial charge < -0.3 is 21.1 Å². The van der Waals surface area contributed by atoms with E-state index in [2.05, 4.69) is 10.6 Å². The summed E-state index contributed by atoms with van der Waals surface area (Å²) in [7, 11) is 1.45. The molecule has 0 saturated heterocycles. The van der Waals surface area contributed by atoms with Crippen LogP contribution in [-0.2, 0) is 0 Å². The van der Waals surface area contributed by atoms with E-state index in [0.29, 0.717) is 17.5 Å². The summed E-state index contributed by atoms with van der Waals surface area (Å²) >= 11 is 0. The molecule has 2 rings (SSSR count). The standard InChI is InChI=1S/C14H13F2N3O2/c1-21-12-5-3-2-4-11(12)18-14(20)19-13-9(16)6-8(15)7-10(13)17/h2-7H,17H2,1H3,(H2,18,19,20). The molecule has 0 aliphatic carbocycles. The molecule has 2 amide bonds. The molecule has 0 atom stereocenters. The van der Waals surface area contributed by atoms with Gasteiger partial charge in [0.25, 0.3) is 0 Å². The van der Waals surface area contributed by atoms with Gasteiger partial charge in [0, 0.05) is 6.07 Å². The monoisotopic (exact) mass is 293 g/mol. The summed E-state index contributed by atoms with van der Waals surface area (Å²) in [6, 6.07) is 7.53. The van der Waals surface area contributed by atoms with E-state index in [9.17, 15) is 13.6 Å². The summed E-state index contributed by atoms with van der Waals surface area (Å²) in [6.07, 6.45) is 0. The zero-order valence-corrected chi connectivity index (χ0v) is 11.1. The van der Waals surface area contributed by atoms with Crippen LogP contribution in [0, 0.1) is 11.6 Å². The van der Waals surface area contributed by atoms with Crippen LogP contribution >= 0.6 is 0 Å². The van der Waals surface area contributed by atoms with Crippen molar-refractivity contribution in [1.82, 2.24) is 0 Å². The van der Waals surface area contributed by atoms with Gasteiger partial charge in [-0.2, -0.15) is 0 Å². The molecule has 0 aliphatic heterocycles. The number of hydrogen-bond acceptors (Lipinski definition) is 3. The molecule has 110 valence electrons. The van der Waals surface area contributed by atoms with Crippen LogP contribution in [0.1, 0.15) is 0 Å². The van der Waals surface area contributed by atoms with Crippen LogP contribution in [0.5, 0.6) is 5.75 Å². The van der Waals surface area contributed by atoms with Gasteiger partial charge in [-0.3, -0.25) is 0 Å². The van der Waals surface area contributed by atoms with E-state index in [1.807, 2.05) is 0 Å². The number of nitrogens with one attached hydrogen (secondary N) is 2. The summed E-state index contributed by atoms with van der Waals surface area (Å²) in [4.78, 5) is 11.8. The lowest BCUT2D eigenvalue weighted by Gasteiger charge is -2.12. The molecule has 0 radical (unpaired) electrons. The SMILES string of the molecule is COc1ccccc1NC(=O)Nc1c(N)cc(F)cc1F. The second kappa shape index (κ2) is 6.08. The molecule has 0 spiro atoms. The van der Waals surface area contributed by atoms with Crippen molar-refractivity contribution < 1.29 is 18.3 Å². The van der Waals surface area contributed by atoms with Gasteiger partial charge >= 0.3 is 6.03 Å². The van der Waals surface area contributed by atoms with E-state index < -0.39 is 17.7 Å². The number of nitrogen functional groups attached to an aromatic ring is 1. The molecule has 4 N–H and O–H groups in total. The Bertz CT molecular complexity index is 654. The molecule has 7 heteroatoms. The van der Waals surface area contributed by atoms with Gasteiger partial charge in [-0.25, -0.2) is 13.6 Å². The third kappa shape index (κ3) is 3.38. The Balaban J connectivity index is 2.16. The number of benzene rings is 2. The number of halogens is 2. The van der Waals surface area contributed by atoms with Gasteiger partial charge in [-0.1, -0.05) is 12.1 Å². The van der Waals surface area contributed by atoms with Crippen molar-refractivity contribution in [2.75, 3.05) is 23.5 Å². The quantitative estimate of drug-likeness (QED) is 0.761. The smallest absolute Gasteiger partial charge is 0.323 e. The Labute approximate surface area is 119 Å². The van der Waals surface area contributed by atoms with E-state index in [4.69, 9.17) is 10.5 Å². The fraction of sp³-hybridized carbons (Fsp3) is 0.0714. The molecular weight excluding hydrogens is 280 g/mol. The van der Waals surface area contributed by atoms with Crippen molar-refractivity contribution in [1.29, 1.82) is 0 Å². The molecule has 2 aromatic carbocycles. The number of para-hydroxylation sites is 2. The largest absolute Gasteiger partial charge is 0.495 e. The first kappa shape index (κ1) is 14.6. The predicted octanol–water partition coefficient (Wildman–Crippen LogP) is 3.20. The molecule has 5 nitrogen and oxygen atoms in total. The van der Waals surface area contributed by atoms with E-state index >= 15 is 0 Å². The molecule has 0 fully saturated rings. The molecule has 2 aromatic rings. The number of amides is 2. The number of anilines is 3. The van der Waals surface area contributed by atoms with Gasteiger partial charge in [0.05, 0.1) is 18.5 Å². The predicted molar refractivity (Wildman–Crippen MR) is 76.4 cm³/mol. The van der Waals surface area contributed by atoms with Gasteiger partial charge in [-0.05, 0) is 18.2 Å². The minimum atomic E-state index is -0.956. The summed E-state index contributed by atoms with van der Waals surface area (Å²) in [5.74, 6) is -1.33. The first-order chi connectivity index (χ1) is 10.0. The summed E-state index contributed by atoms with van der Waals surface area (Å²) in [5.41, 5.74) is 5.38. The topological polar surface area (TPSA) is 76.4 Å². The first-order valence-corrected chi connectivity index (χ1v) is 5.97. The third-order valence-electron chi connectivity index (χ3n) is 2.68. The highest BCUT2D eigenvalue weighted by Gasteiger charge is 2.13. The van der Waals surface area contributed by atoms with Crippen LogP contribution in [0.2, 0.25) is 0 Å². The number of rotatable bonds is 3. The highest BCUT2D eigenvalue weighted by Crippen LogP contribution is 2.26. The molecule has 0 aliphatic rings.